The van der Waals surface area contributed by atoms with Crippen LogP contribution in [0.5, 0.6) is 5.88 Å². The van der Waals surface area contributed by atoms with Crippen molar-refractivity contribution >= 4 is 5.91 Å². The molecule has 3 heterocycles. The Balaban J connectivity index is 1.73. The van der Waals surface area contributed by atoms with Gasteiger partial charge in [-0.25, -0.2) is 9.97 Å². The van der Waals surface area contributed by atoms with E-state index in [-0.39, 0.29) is 12.0 Å². The van der Waals surface area contributed by atoms with Gasteiger partial charge >= 0.3 is 0 Å². The first kappa shape index (κ1) is 17.3. The first-order chi connectivity index (χ1) is 12.2. The number of ether oxygens (including phenoxy) is 2. The van der Waals surface area contributed by atoms with Gasteiger partial charge in [-0.15, -0.1) is 0 Å². The van der Waals surface area contributed by atoms with Crippen molar-refractivity contribution in [1.29, 1.82) is 0 Å². The van der Waals surface area contributed by atoms with Crippen LogP contribution in [-0.4, -0.2) is 57.3 Å². The molecular formula is C17H23N5O3. The highest BCUT2D eigenvalue weighted by Gasteiger charge is 2.30. The number of nitrogens with one attached hydrogen (secondary N) is 1. The number of hydrogen-bond acceptors (Lipinski definition) is 6. The summed E-state index contributed by atoms with van der Waals surface area (Å²) in [6.07, 6.45) is 3.13. The van der Waals surface area contributed by atoms with E-state index < -0.39 is 0 Å². The normalized spacial score (nSPS) is 17.5. The Morgan fingerprint density at radius 3 is 3.16 bits per heavy atom. The number of aromatic amines is 1. The van der Waals surface area contributed by atoms with E-state index in [2.05, 4.69) is 27.1 Å². The Hall–Kier alpha value is -2.48. The van der Waals surface area contributed by atoms with Crippen molar-refractivity contribution in [1.82, 2.24) is 25.1 Å². The molecule has 0 spiro atoms. The van der Waals surface area contributed by atoms with E-state index in [1.807, 2.05) is 6.92 Å². The average molecular weight is 345 g/mol. The lowest BCUT2D eigenvalue weighted by atomic mass is 10.2. The first-order valence-corrected chi connectivity index (χ1v) is 8.62. The number of hydrogen-bond donors (Lipinski definition) is 1. The van der Waals surface area contributed by atoms with Crippen molar-refractivity contribution in [3.8, 4) is 5.88 Å². The Morgan fingerprint density at radius 1 is 1.48 bits per heavy atom. The largest absolute Gasteiger partial charge is 0.477 e. The van der Waals surface area contributed by atoms with Gasteiger partial charge < -0.3 is 14.4 Å². The van der Waals surface area contributed by atoms with E-state index >= 15 is 0 Å². The molecule has 1 amide bonds. The van der Waals surface area contributed by atoms with E-state index in [1.165, 1.54) is 0 Å². The maximum Gasteiger partial charge on any atom is 0.259 e. The third kappa shape index (κ3) is 3.96. The molecule has 0 aliphatic carbocycles. The van der Waals surface area contributed by atoms with E-state index in [9.17, 15) is 4.79 Å². The number of morpholine rings is 1. The van der Waals surface area contributed by atoms with Crippen molar-refractivity contribution in [3.63, 3.8) is 0 Å². The van der Waals surface area contributed by atoms with Gasteiger partial charge in [-0.1, -0.05) is 6.92 Å². The van der Waals surface area contributed by atoms with Crippen molar-refractivity contribution in [2.75, 3.05) is 26.3 Å². The van der Waals surface area contributed by atoms with Gasteiger partial charge in [0.05, 0.1) is 19.8 Å². The highest BCUT2D eigenvalue weighted by molar-refractivity contribution is 5.96. The fourth-order valence-electron chi connectivity index (χ4n) is 2.77. The average Bonchev–Trinajstić information content (AvgIpc) is 3.11. The molecule has 0 saturated carbocycles. The van der Waals surface area contributed by atoms with Crippen LogP contribution >= 0.6 is 0 Å². The number of rotatable bonds is 6. The number of H-pyrrole nitrogens is 1. The third-order valence-corrected chi connectivity index (χ3v) is 3.96. The van der Waals surface area contributed by atoms with Gasteiger partial charge in [0.2, 0.25) is 5.88 Å². The lowest BCUT2D eigenvalue weighted by Crippen LogP contribution is -2.42. The Labute approximate surface area is 146 Å². The van der Waals surface area contributed by atoms with Crippen LogP contribution in [0.1, 0.15) is 48.4 Å². The summed E-state index contributed by atoms with van der Waals surface area (Å²) in [6, 6.07) is 3.47. The molecule has 2 aromatic rings. The minimum absolute atomic E-state index is 0.117. The minimum atomic E-state index is -0.327. The summed E-state index contributed by atoms with van der Waals surface area (Å²) in [5.74, 6) is 1.68. The maximum absolute atomic E-state index is 12.9. The molecule has 3 rings (SSSR count). The number of aromatic nitrogens is 4. The predicted octanol–water partition coefficient (Wildman–Crippen LogP) is 1.76. The molecule has 1 N–H and O–H groups in total. The van der Waals surface area contributed by atoms with Crippen LogP contribution < -0.4 is 4.74 Å². The second-order valence-electron chi connectivity index (χ2n) is 5.79. The zero-order valence-electron chi connectivity index (χ0n) is 14.6. The van der Waals surface area contributed by atoms with Gasteiger partial charge in [-0.2, -0.15) is 5.10 Å². The fourth-order valence-corrected chi connectivity index (χ4v) is 2.77. The van der Waals surface area contributed by atoms with Gasteiger partial charge in [-0.3, -0.25) is 9.89 Å². The maximum atomic E-state index is 12.9. The van der Waals surface area contributed by atoms with Gasteiger partial charge in [0.15, 0.2) is 5.82 Å². The van der Waals surface area contributed by atoms with Crippen LogP contribution in [0.15, 0.2) is 18.3 Å². The van der Waals surface area contributed by atoms with E-state index in [0.717, 1.165) is 18.7 Å². The standard InChI is InChI=1S/C17H23N5O3/c1-3-6-14-19-15(21-20-14)13-11-22(9-10-25-13)17(23)12-7-5-8-18-16(12)24-4-2/h5,7-8,13H,3-4,6,9-11H2,1-2H3,(H,19,20,21)/t13-/m0/s1. The molecule has 8 heteroatoms. The molecule has 1 fully saturated rings. The van der Waals surface area contributed by atoms with Gasteiger partial charge in [0, 0.05) is 19.2 Å². The summed E-state index contributed by atoms with van der Waals surface area (Å²) in [6.45, 7) is 5.78. The number of carbonyl (C=O) groups excluding carboxylic acids is 1. The van der Waals surface area contributed by atoms with Crippen molar-refractivity contribution in [2.45, 2.75) is 32.8 Å². The minimum Gasteiger partial charge on any atom is -0.477 e. The predicted molar refractivity (Wildman–Crippen MR) is 90.4 cm³/mol. The quantitative estimate of drug-likeness (QED) is 0.857. The number of carbonyl (C=O) groups is 1. The smallest absolute Gasteiger partial charge is 0.259 e. The molecule has 2 aromatic heterocycles. The molecule has 0 unspecified atom stereocenters. The summed E-state index contributed by atoms with van der Waals surface area (Å²) in [7, 11) is 0. The van der Waals surface area contributed by atoms with E-state index in [1.54, 1.807) is 23.2 Å². The third-order valence-electron chi connectivity index (χ3n) is 3.96. The molecule has 8 nitrogen and oxygen atoms in total. The number of aryl methyl sites for hydroxylation is 1. The Morgan fingerprint density at radius 2 is 2.36 bits per heavy atom. The van der Waals surface area contributed by atoms with Crippen LogP contribution in [0.2, 0.25) is 0 Å². The molecule has 1 saturated heterocycles. The van der Waals surface area contributed by atoms with E-state index in [4.69, 9.17) is 9.47 Å². The van der Waals surface area contributed by atoms with Crippen molar-refractivity contribution < 1.29 is 14.3 Å². The summed E-state index contributed by atoms with van der Waals surface area (Å²) in [5.41, 5.74) is 0.464. The van der Waals surface area contributed by atoms with Crippen molar-refractivity contribution in [2.24, 2.45) is 0 Å². The summed E-state index contributed by atoms with van der Waals surface area (Å²) >= 11 is 0. The summed E-state index contributed by atoms with van der Waals surface area (Å²) < 4.78 is 11.2. The van der Waals surface area contributed by atoms with Crippen LogP contribution in [0.25, 0.3) is 0 Å². The summed E-state index contributed by atoms with van der Waals surface area (Å²) in [5, 5.41) is 7.17. The SMILES string of the molecule is CCCc1nc([C@@H]2CN(C(=O)c3cccnc3OCC)CCO2)n[nH]1. The highest BCUT2D eigenvalue weighted by Crippen LogP contribution is 2.23. The highest BCUT2D eigenvalue weighted by atomic mass is 16.5. The molecule has 134 valence electrons. The van der Waals surface area contributed by atoms with Crippen LogP contribution in [0.3, 0.4) is 0 Å². The molecule has 0 bridgehead atoms. The molecule has 0 aromatic carbocycles. The molecule has 1 atom stereocenters. The van der Waals surface area contributed by atoms with Gasteiger partial charge in [0.1, 0.15) is 17.5 Å². The lowest BCUT2D eigenvalue weighted by Gasteiger charge is -2.31. The molecular weight excluding hydrogens is 322 g/mol. The molecule has 0 radical (unpaired) electrons. The number of nitrogens with zero attached hydrogens (tertiary/aromatic N) is 4. The fraction of sp³-hybridized carbons (Fsp3) is 0.529. The molecule has 25 heavy (non-hydrogen) atoms. The monoisotopic (exact) mass is 345 g/mol. The molecule has 1 aliphatic rings. The Kier molecular flexibility index (Phi) is 5.60. The zero-order valence-corrected chi connectivity index (χ0v) is 14.6. The molecule has 1 aliphatic heterocycles. The van der Waals surface area contributed by atoms with Crippen LogP contribution in [0, 0.1) is 0 Å². The van der Waals surface area contributed by atoms with Crippen LogP contribution in [0.4, 0.5) is 0 Å². The summed E-state index contributed by atoms with van der Waals surface area (Å²) in [4.78, 5) is 23.2. The number of pyridine rings is 1. The Bertz CT molecular complexity index is 718. The van der Waals surface area contributed by atoms with E-state index in [0.29, 0.717) is 43.6 Å². The van der Waals surface area contributed by atoms with Gasteiger partial charge in [0.25, 0.3) is 5.91 Å². The second-order valence-corrected chi connectivity index (χ2v) is 5.79. The lowest BCUT2D eigenvalue weighted by molar-refractivity contribution is -0.0268. The zero-order chi connectivity index (χ0) is 17.6. The van der Waals surface area contributed by atoms with Crippen LogP contribution in [-0.2, 0) is 11.2 Å². The number of amides is 1. The van der Waals surface area contributed by atoms with Gasteiger partial charge in [-0.05, 0) is 25.5 Å². The second kappa shape index (κ2) is 8.06. The first-order valence-electron chi connectivity index (χ1n) is 8.62. The topological polar surface area (TPSA) is 93.2 Å². The van der Waals surface area contributed by atoms with Crippen molar-refractivity contribution in [3.05, 3.63) is 35.5 Å².